The maximum atomic E-state index is 5.91. The van der Waals surface area contributed by atoms with E-state index in [0.717, 1.165) is 22.3 Å². The van der Waals surface area contributed by atoms with Gasteiger partial charge in [0.2, 0.25) is 0 Å². The quantitative estimate of drug-likeness (QED) is 0.546. The lowest BCUT2D eigenvalue weighted by Crippen LogP contribution is -1.92. The van der Waals surface area contributed by atoms with Crippen molar-refractivity contribution in [1.82, 2.24) is 0 Å². The molecule has 0 amide bonds. The van der Waals surface area contributed by atoms with Crippen LogP contribution in [-0.4, -0.2) is 0 Å². The van der Waals surface area contributed by atoms with E-state index in [4.69, 9.17) is 11.5 Å². The van der Waals surface area contributed by atoms with E-state index < -0.39 is 0 Å². The standard InChI is InChI=1S/C16H16N2/c1-11-3-5-13(15(17)9-11)7-8-14-6-4-12(2)10-16(14)18/h3-6,9-10H,17-18H2,1-2H3. The molecule has 0 aliphatic carbocycles. The van der Waals surface area contributed by atoms with Crippen LogP contribution in [0.25, 0.3) is 0 Å². The number of aryl methyl sites for hydroxylation is 2. The molecule has 0 heterocycles. The molecule has 2 nitrogen and oxygen atoms in total. The van der Waals surface area contributed by atoms with Gasteiger partial charge in [-0.25, -0.2) is 0 Å². The van der Waals surface area contributed by atoms with Crippen molar-refractivity contribution in [3.05, 3.63) is 58.7 Å². The highest BCUT2D eigenvalue weighted by atomic mass is 14.6. The van der Waals surface area contributed by atoms with Gasteiger partial charge >= 0.3 is 0 Å². The number of nitrogens with two attached hydrogens (primary N) is 2. The van der Waals surface area contributed by atoms with Crippen molar-refractivity contribution in [3.8, 4) is 11.8 Å². The van der Waals surface area contributed by atoms with Crippen molar-refractivity contribution in [2.75, 3.05) is 11.5 Å². The largest absolute Gasteiger partial charge is 0.398 e. The van der Waals surface area contributed by atoms with E-state index in [1.165, 1.54) is 0 Å². The van der Waals surface area contributed by atoms with Gasteiger partial charge in [0.25, 0.3) is 0 Å². The second-order valence-corrected chi connectivity index (χ2v) is 4.43. The van der Waals surface area contributed by atoms with Gasteiger partial charge in [0, 0.05) is 22.5 Å². The fourth-order valence-electron chi connectivity index (χ4n) is 1.73. The predicted molar refractivity (Wildman–Crippen MR) is 77.2 cm³/mol. The van der Waals surface area contributed by atoms with Crippen LogP contribution in [0.15, 0.2) is 36.4 Å². The Hall–Kier alpha value is -2.40. The molecule has 4 N–H and O–H groups in total. The Morgan fingerprint density at radius 3 is 1.44 bits per heavy atom. The van der Waals surface area contributed by atoms with Gasteiger partial charge in [0.1, 0.15) is 0 Å². The highest BCUT2D eigenvalue weighted by molar-refractivity contribution is 5.62. The number of benzene rings is 2. The minimum Gasteiger partial charge on any atom is -0.398 e. The van der Waals surface area contributed by atoms with Gasteiger partial charge in [-0.05, 0) is 49.2 Å². The maximum Gasteiger partial charge on any atom is 0.0478 e. The molecule has 0 aromatic heterocycles. The van der Waals surface area contributed by atoms with Crippen LogP contribution in [0.3, 0.4) is 0 Å². The van der Waals surface area contributed by atoms with E-state index in [2.05, 4.69) is 11.8 Å². The zero-order valence-corrected chi connectivity index (χ0v) is 10.6. The van der Waals surface area contributed by atoms with Crippen LogP contribution in [-0.2, 0) is 0 Å². The molecule has 0 saturated carbocycles. The first-order chi connectivity index (χ1) is 8.56. The Morgan fingerprint density at radius 2 is 1.11 bits per heavy atom. The molecule has 0 saturated heterocycles. The molecule has 2 rings (SSSR count). The predicted octanol–water partition coefficient (Wildman–Crippen LogP) is 2.87. The molecule has 0 aliphatic rings. The molecule has 90 valence electrons. The fraction of sp³-hybridized carbons (Fsp3) is 0.125. The first kappa shape index (κ1) is 12.1. The highest BCUT2D eigenvalue weighted by Gasteiger charge is 1.97. The molecule has 0 aliphatic heterocycles. The van der Waals surface area contributed by atoms with Crippen molar-refractivity contribution in [1.29, 1.82) is 0 Å². The van der Waals surface area contributed by atoms with Crippen molar-refractivity contribution in [2.24, 2.45) is 0 Å². The Kier molecular flexibility index (Phi) is 3.25. The normalized spacial score (nSPS) is 9.67. The van der Waals surface area contributed by atoms with Gasteiger partial charge in [-0.15, -0.1) is 0 Å². The summed E-state index contributed by atoms with van der Waals surface area (Å²) >= 11 is 0. The molecule has 2 aromatic rings. The van der Waals surface area contributed by atoms with Crippen LogP contribution in [0, 0.1) is 25.7 Å². The van der Waals surface area contributed by atoms with Crippen molar-refractivity contribution < 1.29 is 0 Å². The van der Waals surface area contributed by atoms with Crippen molar-refractivity contribution in [3.63, 3.8) is 0 Å². The molecular formula is C16H16N2. The van der Waals surface area contributed by atoms with Gasteiger partial charge < -0.3 is 11.5 Å². The minimum atomic E-state index is 0.702. The lowest BCUT2D eigenvalue weighted by Gasteiger charge is -2.01. The van der Waals surface area contributed by atoms with Crippen LogP contribution in [0.4, 0.5) is 11.4 Å². The lowest BCUT2D eigenvalue weighted by molar-refractivity contribution is 1.45. The SMILES string of the molecule is Cc1ccc(C#Cc2ccc(C)cc2N)c(N)c1. The number of nitrogen functional groups attached to an aromatic ring is 2. The van der Waals surface area contributed by atoms with E-state index in [9.17, 15) is 0 Å². The van der Waals surface area contributed by atoms with Gasteiger partial charge in [0.05, 0.1) is 0 Å². The van der Waals surface area contributed by atoms with Gasteiger partial charge in [-0.2, -0.15) is 0 Å². The van der Waals surface area contributed by atoms with Crippen LogP contribution in [0.1, 0.15) is 22.3 Å². The fourth-order valence-corrected chi connectivity index (χ4v) is 1.73. The monoisotopic (exact) mass is 236 g/mol. The molecule has 0 atom stereocenters. The zero-order chi connectivity index (χ0) is 13.1. The zero-order valence-electron chi connectivity index (χ0n) is 10.6. The topological polar surface area (TPSA) is 52.0 Å². The number of hydrogen-bond acceptors (Lipinski definition) is 2. The molecule has 18 heavy (non-hydrogen) atoms. The summed E-state index contributed by atoms with van der Waals surface area (Å²) in [6, 6.07) is 11.7. The average molecular weight is 236 g/mol. The van der Waals surface area contributed by atoms with Gasteiger partial charge in [-0.1, -0.05) is 24.0 Å². The first-order valence-electron chi connectivity index (χ1n) is 5.80. The average Bonchev–Trinajstić information content (AvgIpc) is 2.30. The number of rotatable bonds is 0. The third-order valence-corrected chi connectivity index (χ3v) is 2.75. The molecule has 0 bridgehead atoms. The number of hydrogen-bond donors (Lipinski definition) is 2. The van der Waals surface area contributed by atoms with E-state index in [1.807, 2.05) is 50.2 Å². The lowest BCUT2D eigenvalue weighted by atomic mass is 10.1. The molecular weight excluding hydrogens is 220 g/mol. The smallest absolute Gasteiger partial charge is 0.0478 e. The Balaban J connectivity index is 2.37. The molecule has 2 aromatic carbocycles. The molecule has 0 fully saturated rings. The summed E-state index contributed by atoms with van der Waals surface area (Å²) in [5, 5.41) is 0. The molecule has 0 spiro atoms. The molecule has 0 unspecified atom stereocenters. The summed E-state index contributed by atoms with van der Waals surface area (Å²) in [5.41, 5.74) is 17.2. The van der Waals surface area contributed by atoms with E-state index in [0.29, 0.717) is 11.4 Å². The summed E-state index contributed by atoms with van der Waals surface area (Å²) in [5.74, 6) is 6.12. The maximum absolute atomic E-state index is 5.91. The summed E-state index contributed by atoms with van der Waals surface area (Å²) in [6.07, 6.45) is 0. The Bertz CT molecular complexity index is 590. The Labute approximate surface area is 108 Å². The molecule has 0 radical (unpaired) electrons. The van der Waals surface area contributed by atoms with Crippen LogP contribution in [0.5, 0.6) is 0 Å². The first-order valence-corrected chi connectivity index (χ1v) is 5.80. The molecule has 2 heteroatoms. The van der Waals surface area contributed by atoms with E-state index in [-0.39, 0.29) is 0 Å². The van der Waals surface area contributed by atoms with Crippen molar-refractivity contribution >= 4 is 11.4 Å². The van der Waals surface area contributed by atoms with Gasteiger partial charge in [0.15, 0.2) is 0 Å². The van der Waals surface area contributed by atoms with Crippen LogP contribution < -0.4 is 11.5 Å². The minimum absolute atomic E-state index is 0.702. The summed E-state index contributed by atoms with van der Waals surface area (Å²) in [4.78, 5) is 0. The second-order valence-electron chi connectivity index (χ2n) is 4.43. The van der Waals surface area contributed by atoms with Crippen LogP contribution in [0.2, 0.25) is 0 Å². The van der Waals surface area contributed by atoms with E-state index in [1.54, 1.807) is 0 Å². The van der Waals surface area contributed by atoms with E-state index >= 15 is 0 Å². The van der Waals surface area contributed by atoms with Crippen LogP contribution >= 0.6 is 0 Å². The number of anilines is 2. The summed E-state index contributed by atoms with van der Waals surface area (Å²) in [6.45, 7) is 4.01. The summed E-state index contributed by atoms with van der Waals surface area (Å²) < 4.78 is 0. The second kappa shape index (κ2) is 4.85. The van der Waals surface area contributed by atoms with Crippen molar-refractivity contribution in [2.45, 2.75) is 13.8 Å². The third kappa shape index (κ3) is 2.64. The Morgan fingerprint density at radius 1 is 0.722 bits per heavy atom. The van der Waals surface area contributed by atoms with Gasteiger partial charge in [-0.3, -0.25) is 0 Å². The highest BCUT2D eigenvalue weighted by Crippen LogP contribution is 2.15. The summed E-state index contributed by atoms with van der Waals surface area (Å²) in [7, 11) is 0. The third-order valence-electron chi connectivity index (χ3n) is 2.75.